The number of nitrogens with zero attached hydrogens (tertiary/aromatic N) is 1. The molecule has 0 aromatic carbocycles. The third-order valence-corrected chi connectivity index (χ3v) is 3.53. The van der Waals surface area contributed by atoms with Gasteiger partial charge in [-0.2, -0.15) is 0 Å². The van der Waals surface area contributed by atoms with Gasteiger partial charge in [-0.25, -0.2) is 0 Å². The topological polar surface area (TPSA) is 82.1 Å². The van der Waals surface area contributed by atoms with Gasteiger partial charge in [-0.3, -0.25) is 19.3 Å². The first kappa shape index (κ1) is 18.4. The molecule has 2 atom stereocenters. The van der Waals surface area contributed by atoms with Crippen molar-refractivity contribution in [3.63, 3.8) is 0 Å². The summed E-state index contributed by atoms with van der Waals surface area (Å²) in [5.74, 6) is -1.69. The molecule has 0 aromatic heterocycles. The summed E-state index contributed by atoms with van der Waals surface area (Å²) in [5, 5.41) is 0. The van der Waals surface area contributed by atoms with Gasteiger partial charge in [0.1, 0.15) is 6.04 Å². The molecule has 0 bridgehead atoms. The van der Waals surface area contributed by atoms with E-state index < -0.39 is 17.9 Å². The number of ether oxygens (including phenoxy) is 3. The summed E-state index contributed by atoms with van der Waals surface area (Å²) < 4.78 is 15.0. The van der Waals surface area contributed by atoms with Crippen molar-refractivity contribution in [1.29, 1.82) is 0 Å². The largest absolute Gasteiger partial charge is 0.466 e. The first-order valence-corrected chi connectivity index (χ1v) is 7.78. The Morgan fingerprint density at radius 3 is 2.14 bits per heavy atom. The first-order chi connectivity index (χ1) is 10.5. The van der Waals surface area contributed by atoms with Crippen LogP contribution < -0.4 is 0 Å². The Morgan fingerprint density at radius 1 is 0.955 bits per heavy atom. The molecule has 7 heteroatoms. The van der Waals surface area contributed by atoms with Gasteiger partial charge in [0.05, 0.1) is 32.2 Å². The summed E-state index contributed by atoms with van der Waals surface area (Å²) in [6.45, 7) is 6.94. The van der Waals surface area contributed by atoms with E-state index in [1.54, 1.807) is 25.7 Å². The van der Waals surface area contributed by atoms with Crippen LogP contribution in [0, 0.1) is 5.92 Å². The van der Waals surface area contributed by atoms with E-state index in [2.05, 4.69) is 0 Å². The quantitative estimate of drug-likeness (QED) is 0.483. The fraction of sp³-hybridized carbons (Fsp3) is 0.800. The standard InChI is InChI=1S/C15H25NO6/c1-4-20-12(17)8-10-16-9-7-11(14(18)21-5-2)13(16)15(19)22-6-3/h11,13H,4-10H2,1-3H3/t11-,13+/m0/s1. The van der Waals surface area contributed by atoms with Crippen LogP contribution >= 0.6 is 0 Å². The van der Waals surface area contributed by atoms with Crippen molar-refractivity contribution >= 4 is 17.9 Å². The van der Waals surface area contributed by atoms with Gasteiger partial charge in [0, 0.05) is 6.54 Å². The van der Waals surface area contributed by atoms with Crippen molar-refractivity contribution in [2.24, 2.45) is 5.92 Å². The Bertz CT molecular complexity index is 397. The Morgan fingerprint density at radius 2 is 1.55 bits per heavy atom. The molecule has 0 unspecified atom stereocenters. The normalized spacial score (nSPS) is 21.4. The Kier molecular flexibility index (Phi) is 7.87. The highest BCUT2D eigenvalue weighted by atomic mass is 16.5. The van der Waals surface area contributed by atoms with E-state index in [1.807, 2.05) is 0 Å². The van der Waals surface area contributed by atoms with Crippen molar-refractivity contribution in [2.75, 3.05) is 32.9 Å². The summed E-state index contributed by atoms with van der Waals surface area (Å²) >= 11 is 0. The number of esters is 3. The molecule has 1 saturated heterocycles. The van der Waals surface area contributed by atoms with E-state index >= 15 is 0 Å². The Labute approximate surface area is 130 Å². The van der Waals surface area contributed by atoms with Crippen molar-refractivity contribution in [3.05, 3.63) is 0 Å². The monoisotopic (exact) mass is 315 g/mol. The van der Waals surface area contributed by atoms with Gasteiger partial charge in [0.25, 0.3) is 0 Å². The highest BCUT2D eigenvalue weighted by molar-refractivity contribution is 5.85. The number of hydrogen-bond donors (Lipinski definition) is 0. The maximum absolute atomic E-state index is 12.2. The molecule has 1 aliphatic rings. The van der Waals surface area contributed by atoms with Crippen LogP contribution in [-0.2, 0) is 28.6 Å². The molecule has 1 heterocycles. The average Bonchev–Trinajstić information content (AvgIpc) is 2.90. The summed E-state index contributed by atoms with van der Waals surface area (Å²) in [5.41, 5.74) is 0. The molecule has 22 heavy (non-hydrogen) atoms. The maximum Gasteiger partial charge on any atom is 0.324 e. The van der Waals surface area contributed by atoms with E-state index in [0.29, 0.717) is 26.1 Å². The molecule has 126 valence electrons. The van der Waals surface area contributed by atoms with Gasteiger partial charge in [-0.15, -0.1) is 0 Å². The molecule has 0 N–H and O–H groups in total. The van der Waals surface area contributed by atoms with Crippen LogP contribution in [0.15, 0.2) is 0 Å². The van der Waals surface area contributed by atoms with E-state index in [-0.39, 0.29) is 31.6 Å². The second-order valence-electron chi connectivity index (χ2n) is 4.94. The number of carbonyl (C=O) groups excluding carboxylic acids is 3. The Hall–Kier alpha value is -1.63. The lowest BCUT2D eigenvalue weighted by molar-refractivity contribution is -0.159. The number of rotatable bonds is 8. The molecule has 1 aliphatic heterocycles. The van der Waals surface area contributed by atoms with Gasteiger partial charge >= 0.3 is 17.9 Å². The fourth-order valence-corrected chi connectivity index (χ4v) is 2.61. The molecule has 0 aliphatic carbocycles. The lowest BCUT2D eigenvalue weighted by Crippen LogP contribution is -2.44. The molecule has 0 amide bonds. The van der Waals surface area contributed by atoms with Crippen molar-refractivity contribution in [3.8, 4) is 0 Å². The zero-order chi connectivity index (χ0) is 16.5. The molecule has 1 rings (SSSR count). The molecule has 0 saturated carbocycles. The van der Waals surface area contributed by atoms with Crippen LogP contribution in [0.25, 0.3) is 0 Å². The second kappa shape index (κ2) is 9.40. The molecule has 0 radical (unpaired) electrons. The molecule has 7 nitrogen and oxygen atoms in total. The van der Waals surface area contributed by atoms with Crippen LogP contribution in [0.5, 0.6) is 0 Å². The van der Waals surface area contributed by atoms with E-state index in [1.165, 1.54) is 0 Å². The molecule has 1 fully saturated rings. The molecule has 0 aromatic rings. The minimum atomic E-state index is -0.687. The SMILES string of the molecule is CCOC(=O)CCN1CC[C@H](C(=O)OCC)[C@@H]1C(=O)OCC. The van der Waals surface area contributed by atoms with Crippen molar-refractivity contribution < 1.29 is 28.6 Å². The minimum absolute atomic E-state index is 0.180. The van der Waals surface area contributed by atoms with Crippen LogP contribution in [0.2, 0.25) is 0 Å². The van der Waals surface area contributed by atoms with E-state index in [4.69, 9.17) is 14.2 Å². The lowest BCUT2D eigenvalue weighted by Gasteiger charge is -2.25. The van der Waals surface area contributed by atoms with Gasteiger partial charge in [-0.1, -0.05) is 0 Å². The highest BCUT2D eigenvalue weighted by Crippen LogP contribution is 2.27. The van der Waals surface area contributed by atoms with Crippen molar-refractivity contribution in [2.45, 2.75) is 39.7 Å². The van der Waals surface area contributed by atoms with Crippen LogP contribution in [-0.4, -0.2) is 61.8 Å². The van der Waals surface area contributed by atoms with E-state index in [0.717, 1.165) is 0 Å². The average molecular weight is 315 g/mol. The van der Waals surface area contributed by atoms with Gasteiger partial charge in [-0.05, 0) is 33.7 Å². The van der Waals surface area contributed by atoms with Crippen LogP contribution in [0.4, 0.5) is 0 Å². The minimum Gasteiger partial charge on any atom is -0.466 e. The predicted octanol–water partition coefficient (Wildman–Crippen LogP) is 0.756. The van der Waals surface area contributed by atoms with Gasteiger partial charge in [0.2, 0.25) is 0 Å². The van der Waals surface area contributed by atoms with Crippen molar-refractivity contribution in [1.82, 2.24) is 4.90 Å². The summed E-state index contributed by atoms with van der Waals surface area (Å²) in [6, 6.07) is -0.687. The Balaban J connectivity index is 2.72. The smallest absolute Gasteiger partial charge is 0.324 e. The zero-order valence-electron chi connectivity index (χ0n) is 13.5. The molecular formula is C15H25NO6. The van der Waals surface area contributed by atoms with Gasteiger partial charge in [0.15, 0.2) is 0 Å². The number of likely N-dealkylation sites (tertiary alicyclic amines) is 1. The number of carbonyl (C=O) groups is 3. The maximum atomic E-state index is 12.2. The molecule has 0 spiro atoms. The van der Waals surface area contributed by atoms with E-state index in [9.17, 15) is 14.4 Å². The lowest BCUT2D eigenvalue weighted by atomic mass is 10.0. The number of hydrogen-bond acceptors (Lipinski definition) is 7. The summed E-state index contributed by atoms with van der Waals surface area (Å²) in [6.07, 6.45) is 0.699. The zero-order valence-corrected chi connectivity index (χ0v) is 13.5. The third kappa shape index (κ3) is 4.98. The first-order valence-electron chi connectivity index (χ1n) is 7.78. The van der Waals surface area contributed by atoms with Gasteiger partial charge < -0.3 is 14.2 Å². The highest BCUT2D eigenvalue weighted by Gasteiger charge is 2.44. The molecular weight excluding hydrogens is 290 g/mol. The van der Waals surface area contributed by atoms with Crippen LogP contribution in [0.3, 0.4) is 0 Å². The van der Waals surface area contributed by atoms with Crippen LogP contribution in [0.1, 0.15) is 33.6 Å². The second-order valence-corrected chi connectivity index (χ2v) is 4.94. The fourth-order valence-electron chi connectivity index (χ4n) is 2.61. The predicted molar refractivity (Wildman–Crippen MR) is 78.0 cm³/mol. The summed E-state index contributed by atoms with van der Waals surface area (Å²) in [4.78, 5) is 37.4. The third-order valence-electron chi connectivity index (χ3n) is 3.53. The summed E-state index contributed by atoms with van der Waals surface area (Å²) in [7, 11) is 0.